The Hall–Kier alpha value is -2.54. The molecule has 130 valence electrons. The van der Waals surface area contributed by atoms with E-state index in [1.807, 2.05) is 24.3 Å². The first-order valence-corrected chi connectivity index (χ1v) is 8.22. The molecule has 0 aliphatic carbocycles. The second-order valence-electron chi connectivity index (χ2n) is 5.22. The number of methoxy groups -OCH3 is 3. The molecule has 1 aliphatic rings. The van der Waals surface area contributed by atoms with E-state index in [1.165, 1.54) is 21.3 Å². The van der Waals surface area contributed by atoms with E-state index in [0.717, 1.165) is 10.0 Å². The lowest BCUT2D eigenvalue weighted by Gasteiger charge is -2.13. The first kappa shape index (κ1) is 17.3. The summed E-state index contributed by atoms with van der Waals surface area (Å²) in [7, 11) is 4.57. The van der Waals surface area contributed by atoms with Gasteiger partial charge >= 0.3 is 5.97 Å². The summed E-state index contributed by atoms with van der Waals surface area (Å²) >= 11 is 3.37. The number of esters is 1. The van der Waals surface area contributed by atoms with Gasteiger partial charge in [0.1, 0.15) is 0 Å². The molecule has 0 spiro atoms. The van der Waals surface area contributed by atoms with Gasteiger partial charge in [-0.1, -0.05) is 28.1 Å². The molecule has 2 aromatic carbocycles. The number of aliphatic imine (C=N–C) groups is 1. The van der Waals surface area contributed by atoms with Crippen molar-refractivity contribution in [2.75, 3.05) is 21.3 Å². The fraction of sp³-hybridized carbons (Fsp3) is 0.222. The predicted octanol–water partition coefficient (Wildman–Crippen LogP) is 3.52. The molecule has 1 atom stereocenters. The Balaban J connectivity index is 2.00. The number of rotatable bonds is 5. The molecule has 0 bridgehead atoms. The van der Waals surface area contributed by atoms with Gasteiger partial charge in [-0.05, 0) is 29.8 Å². The lowest BCUT2D eigenvalue weighted by Crippen LogP contribution is -2.09. The fourth-order valence-electron chi connectivity index (χ4n) is 2.54. The van der Waals surface area contributed by atoms with Crippen molar-refractivity contribution >= 4 is 27.8 Å². The molecular formula is C18H16BrNO5. The Morgan fingerprint density at radius 3 is 2.12 bits per heavy atom. The first-order valence-electron chi connectivity index (χ1n) is 7.42. The molecule has 0 amide bonds. The minimum atomic E-state index is -0.692. The summed E-state index contributed by atoms with van der Waals surface area (Å²) in [6, 6.07) is 10.1. The van der Waals surface area contributed by atoms with Crippen LogP contribution in [-0.2, 0) is 9.53 Å². The summed E-state index contributed by atoms with van der Waals surface area (Å²) < 4.78 is 22.2. The van der Waals surface area contributed by atoms with Crippen LogP contribution in [0.1, 0.15) is 17.2 Å². The smallest absolute Gasteiger partial charge is 0.342 e. The number of halogens is 1. The standard InChI is InChI=1S/C18H16BrNO5/c1-22-13-8-11(9-14(23-2)16(13)24-3)17-20-15(18(21)25-17)10-4-6-12(19)7-5-10/h4-9,15H,1-3H3. The van der Waals surface area contributed by atoms with Gasteiger partial charge in [0.05, 0.1) is 21.3 Å². The highest BCUT2D eigenvalue weighted by atomic mass is 79.9. The van der Waals surface area contributed by atoms with Crippen LogP contribution in [0, 0.1) is 0 Å². The van der Waals surface area contributed by atoms with E-state index < -0.39 is 12.0 Å². The molecule has 0 aromatic heterocycles. The molecule has 0 radical (unpaired) electrons. The van der Waals surface area contributed by atoms with Gasteiger partial charge in [-0.3, -0.25) is 0 Å². The summed E-state index contributed by atoms with van der Waals surface area (Å²) in [5.74, 6) is 1.18. The molecule has 0 fully saturated rings. The molecule has 1 heterocycles. The highest BCUT2D eigenvalue weighted by molar-refractivity contribution is 9.10. The van der Waals surface area contributed by atoms with Crippen LogP contribution >= 0.6 is 15.9 Å². The Labute approximate surface area is 153 Å². The molecule has 3 rings (SSSR count). The highest BCUT2D eigenvalue weighted by Gasteiger charge is 2.32. The SMILES string of the molecule is COc1cc(C2=NC(c3ccc(Br)cc3)C(=O)O2)cc(OC)c1OC. The van der Waals surface area contributed by atoms with Gasteiger partial charge in [-0.25, -0.2) is 9.79 Å². The summed E-state index contributed by atoms with van der Waals surface area (Å²) in [6.45, 7) is 0. The van der Waals surface area contributed by atoms with Gasteiger partial charge in [0.25, 0.3) is 0 Å². The van der Waals surface area contributed by atoms with Crippen molar-refractivity contribution in [3.8, 4) is 17.2 Å². The van der Waals surface area contributed by atoms with Crippen LogP contribution in [0.2, 0.25) is 0 Å². The van der Waals surface area contributed by atoms with Crippen molar-refractivity contribution < 1.29 is 23.7 Å². The van der Waals surface area contributed by atoms with Gasteiger partial charge in [-0.15, -0.1) is 0 Å². The Kier molecular flexibility index (Phi) is 4.94. The normalized spacial score (nSPS) is 16.2. The van der Waals surface area contributed by atoms with Crippen molar-refractivity contribution in [1.82, 2.24) is 0 Å². The topological polar surface area (TPSA) is 66.4 Å². The van der Waals surface area contributed by atoms with Gasteiger partial charge in [0.2, 0.25) is 11.6 Å². The third-order valence-corrected chi connectivity index (χ3v) is 4.29. The zero-order valence-corrected chi connectivity index (χ0v) is 15.5. The predicted molar refractivity (Wildman–Crippen MR) is 95.6 cm³/mol. The zero-order valence-electron chi connectivity index (χ0n) is 13.9. The molecule has 1 aliphatic heterocycles. The van der Waals surface area contributed by atoms with E-state index in [2.05, 4.69) is 20.9 Å². The number of nitrogens with zero attached hydrogens (tertiary/aromatic N) is 1. The number of carbonyl (C=O) groups is 1. The van der Waals surface area contributed by atoms with E-state index in [4.69, 9.17) is 18.9 Å². The molecule has 0 saturated carbocycles. The van der Waals surface area contributed by atoms with Crippen molar-refractivity contribution in [1.29, 1.82) is 0 Å². The number of cyclic esters (lactones) is 1. The third kappa shape index (κ3) is 3.32. The van der Waals surface area contributed by atoms with E-state index in [1.54, 1.807) is 12.1 Å². The average Bonchev–Trinajstić information content (AvgIpc) is 3.02. The molecule has 1 unspecified atom stereocenters. The van der Waals surface area contributed by atoms with E-state index >= 15 is 0 Å². The van der Waals surface area contributed by atoms with Crippen LogP contribution in [0.25, 0.3) is 0 Å². The largest absolute Gasteiger partial charge is 0.493 e. The molecule has 25 heavy (non-hydrogen) atoms. The van der Waals surface area contributed by atoms with Crippen molar-refractivity contribution in [2.45, 2.75) is 6.04 Å². The lowest BCUT2D eigenvalue weighted by molar-refractivity contribution is -0.135. The van der Waals surface area contributed by atoms with Crippen LogP contribution in [0.4, 0.5) is 0 Å². The van der Waals surface area contributed by atoms with Crippen molar-refractivity contribution in [2.24, 2.45) is 4.99 Å². The monoisotopic (exact) mass is 405 g/mol. The van der Waals surface area contributed by atoms with Crippen molar-refractivity contribution in [3.05, 3.63) is 52.0 Å². The van der Waals surface area contributed by atoms with Crippen LogP contribution in [0.5, 0.6) is 17.2 Å². The molecule has 7 heteroatoms. The molecule has 0 N–H and O–H groups in total. The minimum Gasteiger partial charge on any atom is -0.493 e. The van der Waals surface area contributed by atoms with Crippen LogP contribution in [-0.4, -0.2) is 33.2 Å². The summed E-state index contributed by atoms with van der Waals surface area (Å²) in [5, 5.41) is 0. The van der Waals surface area contributed by atoms with Crippen LogP contribution < -0.4 is 14.2 Å². The van der Waals surface area contributed by atoms with E-state index in [0.29, 0.717) is 22.8 Å². The van der Waals surface area contributed by atoms with Gasteiger partial charge in [0, 0.05) is 10.0 Å². The summed E-state index contributed by atoms with van der Waals surface area (Å²) in [6.07, 6.45) is 0. The maximum Gasteiger partial charge on any atom is 0.342 e. The Morgan fingerprint density at radius 1 is 1.00 bits per heavy atom. The minimum absolute atomic E-state index is 0.220. The van der Waals surface area contributed by atoms with Crippen LogP contribution in [0.15, 0.2) is 45.9 Å². The number of ether oxygens (including phenoxy) is 4. The molecule has 0 saturated heterocycles. The Morgan fingerprint density at radius 2 is 1.60 bits per heavy atom. The summed E-state index contributed by atoms with van der Waals surface area (Å²) in [5.41, 5.74) is 1.33. The lowest BCUT2D eigenvalue weighted by atomic mass is 10.1. The molecule has 2 aromatic rings. The average molecular weight is 406 g/mol. The number of carbonyl (C=O) groups excluding carboxylic acids is 1. The number of hydrogen-bond acceptors (Lipinski definition) is 6. The highest BCUT2D eigenvalue weighted by Crippen LogP contribution is 2.39. The first-order chi connectivity index (χ1) is 12.1. The van der Waals surface area contributed by atoms with Gasteiger partial charge < -0.3 is 18.9 Å². The quantitative estimate of drug-likeness (QED) is 0.711. The maximum absolute atomic E-state index is 12.2. The molecular weight excluding hydrogens is 390 g/mol. The van der Waals surface area contributed by atoms with Gasteiger partial charge in [0.15, 0.2) is 17.5 Å². The van der Waals surface area contributed by atoms with Crippen molar-refractivity contribution in [3.63, 3.8) is 0 Å². The second-order valence-corrected chi connectivity index (χ2v) is 6.14. The number of benzene rings is 2. The van der Waals surface area contributed by atoms with Gasteiger partial charge in [-0.2, -0.15) is 0 Å². The second kappa shape index (κ2) is 7.14. The van der Waals surface area contributed by atoms with Crippen LogP contribution in [0.3, 0.4) is 0 Å². The zero-order chi connectivity index (χ0) is 18.0. The molecule has 6 nitrogen and oxygen atoms in total. The maximum atomic E-state index is 12.2. The third-order valence-electron chi connectivity index (χ3n) is 3.76. The summed E-state index contributed by atoms with van der Waals surface area (Å²) in [4.78, 5) is 16.7. The number of hydrogen-bond donors (Lipinski definition) is 0. The van der Waals surface area contributed by atoms with E-state index in [-0.39, 0.29) is 5.90 Å². The van der Waals surface area contributed by atoms with E-state index in [9.17, 15) is 4.79 Å². The Bertz CT molecular complexity index is 807. The fourth-order valence-corrected chi connectivity index (χ4v) is 2.81.